The number of thiophene rings is 1. The van der Waals surface area contributed by atoms with Crippen LogP contribution in [0.3, 0.4) is 0 Å². The number of benzene rings is 1. The topological polar surface area (TPSA) is 98.0 Å². The molecular formula is C19H20N4O2S2. The van der Waals surface area contributed by atoms with Crippen LogP contribution >= 0.6 is 23.1 Å². The van der Waals surface area contributed by atoms with Gasteiger partial charge in [-0.15, -0.1) is 11.3 Å². The summed E-state index contributed by atoms with van der Waals surface area (Å²) in [5.41, 5.74) is 8.41. The predicted octanol–water partition coefficient (Wildman–Crippen LogP) is 3.98. The molecule has 0 fully saturated rings. The average molecular weight is 401 g/mol. The van der Waals surface area contributed by atoms with Crippen molar-refractivity contribution >= 4 is 45.3 Å². The van der Waals surface area contributed by atoms with Gasteiger partial charge in [0, 0.05) is 10.9 Å². The first-order valence-electron chi connectivity index (χ1n) is 8.43. The molecule has 0 aliphatic carbocycles. The van der Waals surface area contributed by atoms with Crippen LogP contribution in [0.1, 0.15) is 19.4 Å². The van der Waals surface area contributed by atoms with Crippen molar-refractivity contribution in [1.29, 1.82) is 0 Å². The van der Waals surface area contributed by atoms with Gasteiger partial charge in [0.05, 0.1) is 10.6 Å². The van der Waals surface area contributed by atoms with E-state index in [2.05, 4.69) is 44.9 Å². The number of aryl methyl sites for hydroxylation is 1. The fourth-order valence-electron chi connectivity index (χ4n) is 2.69. The minimum Gasteiger partial charge on any atom is -0.351 e. The minimum absolute atomic E-state index is 0.0131. The maximum absolute atomic E-state index is 12.4. The first kappa shape index (κ1) is 19.3. The number of amides is 3. The summed E-state index contributed by atoms with van der Waals surface area (Å²) in [6.45, 7) is 5.89. The molecule has 0 aliphatic rings. The number of hydrogen-bond acceptors (Lipinski definition) is 6. The van der Waals surface area contributed by atoms with Gasteiger partial charge in [0.1, 0.15) is 16.2 Å². The van der Waals surface area contributed by atoms with Gasteiger partial charge in [-0.3, -0.25) is 10.1 Å². The lowest BCUT2D eigenvalue weighted by Crippen LogP contribution is -2.42. The van der Waals surface area contributed by atoms with Crippen LogP contribution in [0.2, 0.25) is 0 Å². The lowest BCUT2D eigenvalue weighted by molar-refractivity contribution is -0.120. The second-order valence-electron chi connectivity index (χ2n) is 6.51. The summed E-state index contributed by atoms with van der Waals surface area (Å²) in [7, 11) is 0. The molecule has 0 spiro atoms. The second kappa shape index (κ2) is 8.06. The highest BCUT2D eigenvalue weighted by atomic mass is 32.2. The zero-order valence-electron chi connectivity index (χ0n) is 15.2. The molecule has 140 valence electrons. The number of fused-ring (bicyclic) bond motifs is 1. The van der Waals surface area contributed by atoms with Crippen molar-refractivity contribution in [3.8, 4) is 11.1 Å². The lowest BCUT2D eigenvalue weighted by atomic mass is 10.1. The molecule has 1 atom stereocenters. The van der Waals surface area contributed by atoms with Gasteiger partial charge >= 0.3 is 6.03 Å². The quantitative estimate of drug-likeness (QED) is 0.499. The van der Waals surface area contributed by atoms with E-state index in [1.807, 2.05) is 20.8 Å². The zero-order chi connectivity index (χ0) is 19.6. The Morgan fingerprint density at radius 3 is 2.52 bits per heavy atom. The van der Waals surface area contributed by atoms with Crippen molar-refractivity contribution in [3.63, 3.8) is 0 Å². The van der Waals surface area contributed by atoms with Gasteiger partial charge in [-0.1, -0.05) is 55.4 Å². The first-order valence-corrected chi connectivity index (χ1v) is 10.2. The molecular weight excluding hydrogens is 380 g/mol. The minimum atomic E-state index is -0.852. The molecule has 2 heterocycles. The molecule has 3 amide bonds. The Morgan fingerprint density at radius 2 is 1.89 bits per heavy atom. The molecule has 2 aromatic heterocycles. The summed E-state index contributed by atoms with van der Waals surface area (Å²) in [5, 5.41) is 5.38. The molecule has 0 aliphatic heterocycles. The summed E-state index contributed by atoms with van der Waals surface area (Å²) in [6.07, 6.45) is 1.50. The van der Waals surface area contributed by atoms with Gasteiger partial charge in [-0.05, 0) is 18.4 Å². The fraction of sp³-hybridized carbons (Fsp3) is 0.263. The third-order valence-electron chi connectivity index (χ3n) is 4.05. The van der Waals surface area contributed by atoms with Crippen LogP contribution in [0.5, 0.6) is 0 Å². The Balaban J connectivity index is 2.03. The van der Waals surface area contributed by atoms with Gasteiger partial charge in [0.25, 0.3) is 0 Å². The SMILES string of the molecule is Cc1ccc(-c2csc3ncnc(S[C@H](C(=O)NC(N)=O)C(C)C)c23)cc1. The second-order valence-corrected chi connectivity index (χ2v) is 8.50. The van der Waals surface area contributed by atoms with Gasteiger partial charge < -0.3 is 5.73 Å². The number of rotatable bonds is 5. The molecule has 0 unspecified atom stereocenters. The van der Waals surface area contributed by atoms with E-state index in [4.69, 9.17) is 5.73 Å². The molecule has 0 radical (unpaired) electrons. The van der Waals surface area contributed by atoms with E-state index in [0.29, 0.717) is 0 Å². The molecule has 27 heavy (non-hydrogen) atoms. The van der Waals surface area contributed by atoms with Crippen molar-refractivity contribution in [2.24, 2.45) is 11.7 Å². The van der Waals surface area contributed by atoms with E-state index in [-0.39, 0.29) is 5.92 Å². The Hall–Kier alpha value is -2.45. The molecule has 3 aromatic rings. The molecule has 8 heteroatoms. The Morgan fingerprint density at radius 1 is 1.19 bits per heavy atom. The van der Waals surface area contributed by atoms with Crippen LogP contribution < -0.4 is 11.1 Å². The van der Waals surface area contributed by atoms with Crippen molar-refractivity contribution < 1.29 is 9.59 Å². The fourth-order valence-corrected chi connectivity index (χ4v) is 4.78. The summed E-state index contributed by atoms with van der Waals surface area (Å²) in [5.74, 6) is -0.429. The van der Waals surface area contributed by atoms with Crippen LogP contribution in [0.15, 0.2) is 41.0 Å². The van der Waals surface area contributed by atoms with Gasteiger partial charge in [0.2, 0.25) is 5.91 Å². The first-order chi connectivity index (χ1) is 12.9. The number of nitrogens with two attached hydrogens (primary N) is 1. The smallest absolute Gasteiger partial charge is 0.318 e. The van der Waals surface area contributed by atoms with Crippen LogP contribution in [0.25, 0.3) is 21.3 Å². The zero-order valence-corrected chi connectivity index (χ0v) is 16.9. The molecule has 0 saturated carbocycles. The van der Waals surface area contributed by atoms with Crippen LogP contribution in [0, 0.1) is 12.8 Å². The highest BCUT2D eigenvalue weighted by Crippen LogP contribution is 2.40. The predicted molar refractivity (Wildman–Crippen MR) is 110 cm³/mol. The highest BCUT2D eigenvalue weighted by molar-refractivity contribution is 8.00. The van der Waals surface area contributed by atoms with E-state index in [9.17, 15) is 9.59 Å². The van der Waals surface area contributed by atoms with Crippen molar-refractivity contribution in [3.05, 3.63) is 41.5 Å². The largest absolute Gasteiger partial charge is 0.351 e. The van der Waals surface area contributed by atoms with Gasteiger partial charge in [0.15, 0.2) is 0 Å². The maximum atomic E-state index is 12.4. The number of urea groups is 1. The van der Waals surface area contributed by atoms with Crippen LogP contribution in [-0.2, 0) is 4.79 Å². The molecule has 6 nitrogen and oxygen atoms in total. The number of imide groups is 1. The number of nitrogens with one attached hydrogen (secondary N) is 1. The van der Waals surface area contributed by atoms with Gasteiger partial charge in [-0.2, -0.15) is 0 Å². The Bertz CT molecular complexity index is 983. The highest BCUT2D eigenvalue weighted by Gasteiger charge is 2.27. The number of nitrogens with zero attached hydrogens (tertiary/aromatic N) is 2. The number of primary amides is 1. The Kier molecular flexibility index (Phi) is 5.76. The number of hydrogen-bond donors (Lipinski definition) is 2. The van der Waals surface area contributed by atoms with Crippen LogP contribution in [0.4, 0.5) is 4.79 Å². The summed E-state index contributed by atoms with van der Waals surface area (Å²) >= 11 is 2.87. The third-order valence-corrected chi connectivity index (χ3v) is 6.48. The normalized spacial score (nSPS) is 12.3. The molecule has 0 bridgehead atoms. The lowest BCUT2D eigenvalue weighted by Gasteiger charge is -2.18. The number of thioether (sulfide) groups is 1. The van der Waals surface area contributed by atoms with E-state index in [1.165, 1.54) is 23.7 Å². The standard InChI is InChI=1S/C19H20N4O2S2/c1-10(2)15(16(24)23-19(20)25)27-18-14-13(8-26-17(14)21-9-22-18)12-6-4-11(3)5-7-12/h4-10,15H,1-3H3,(H3,20,23,24,25)/t15-/m0/s1. The number of carbonyl (C=O) groups is 2. The molecule has 0 saturated heterocycles. The number of aromatic nitrogens is 2. The van der Waals surface area contributed by atoms with E-state index >= 15 is 0 Å². The monoisotopic (exact) mass is 400 g/mol. The van der Waals surface area contributed by atoms with Crippen molar-refractivity contribution in [1.82, 2.24) is 15.3 Å². The van der Waals surface area contributed by atoms with Crippen molar-refractivity contribution in [2.45, 2.75) is 31.0 Å². The molecule has 3 N–H and O–H groups in total. The van der Waals surface area contributed by atoms with Crippen LogP contribution in [-0.4, -0.2) is 27.2 Å². The molecule has 1 aromatic carbocycles. The summed E-state index contributed by atoms with van der Waals surface area (Å²) in [6, 6.07) is 7.41. The average Bonchev–Trinajstić information content (AvgIpc) is 3.04. The number of carbonyl (C=O) groups excluding carboxylic acids is 2. The molecule has 3 rings (SSSR count). The van der Waals surface area contributed by atoms with E-state index < -0.39 is 17.2 Å². The van der Waals surface area contributed by atoms with E-state index in [0.717, 1.165) is 26.4 Å². The summed E-state index contributed by atoms with van der Waals surface area (Å²) in [4.78, 5) is 33.1. The summed E-state index contributed by atoms with van der Waals surface area (Å²) < 4.78 is 0. The van der Waals surface area contributed by atoms with Gasteiger partial charge in [-0.25, -0.2) is 14.8 Å². The van der Waals surface area contributed by atoms with E-state index in [1.54, 1.807) is 11.3 Å². The van der Waals surface area contributed by atoms with Crippen molar-refractivity contribution in [2.75, 3.05) is 0 Å². The Labute approximate surface area is 165 Å². The maximum Gasteiger partial charge on any atom is 0.318 e. The third kappa shape index (κ3) is 4.28.